The molecule has 1 aromatic carbocycles. The number of amides is 1. The predicted molar refractivity (Wildman–Crippen MR) is 97.4 cm³/mol. The van der Waals surface area contributed by atoms with Crippen molar-refractivity contribution in [1.29, 1.82) is 0 Å². The van der Waals surface area contributed by atoms with E-state index in [4.69, 9.17) is 0 Å². The van der Waals surface area contributed by atoms with Crippen LogP contribution < -0.4 is 11.0 Å². The minimum atomic E-state index is -0.201. The van der Waals surface area contributed by atoms with Crippen LogP contribution >= 0.6 is 0 Å². The Balaban J connectivity index is 1.48. The highest BCUT2D eigenvalue weighted by atomic mass is 16.3. The van der Waals surface area contributed by atoms with E-state index in [1.807, 2.05) is 18.2 Å². The molecule has 2 unspecified atom stereocenters. The van der Waals surface area contributed by atoms with Gasteiger partial charge in [0.2, 0.25) is 5.91 Å². The van der Waals surface area contributed by atoms with E-state index in [9.17, 15) is 14.7 Å². The molecule has 2 atom stereocenters. The first-order valence-electron chi connectivity index (χ1n) is 9.27. The summed E-state index contributed by atoms with van der Waals surface area (Å²) >= 11 is 0. The first-order chi connectivity index (χ1) is 12.2. The SMILES string of the molecule is O=C(CCCc1ccc2[nH]c(=O)[nH]c2c1)NC1CCCCCC1CO. The van der Waals surface area contributed by atoms with Crippen LogP contribution in [-0.2, 0) is 11.2 Å². The van der Waals surface area contributed by atoms with Crippen LogP contribution in [0.1, 0.15) is 50.5 Å². The number of hydrogen-bond acceptors (Lipinski definition) is 3. The van der Waals surface area contributed by atoms with Gasteiger partial charge >= 0.3 is 5.69 Å². The van der Waals surface area contributed by atoms with Crippen molar-refractivity contribution in [2.45, 2.75) is 57.4 Å². The molecule has 1 heterocycles. The summed E-state index contributed by atoms with van der Waals surface area (Å²) in [4.78, 5) is 29.0. The zero-order valence-electron chi connectivity index (χ0n) is 14.5. The summed E-state index contributed by atoms with van der Waals surface area (Å²) in [7, 11) is 0. The Morgan fingerprint density at radius 2 is 1.96 bits per heavy atom. The molecule has 0 saturated heterocycles. The van der Waals surface area contributed by atoms with Gasteiger partial charge in [-0.2, -0.15) is 0 Å². The van der Waals surface area contributed by atoms with E-state index in [1.165, 1.54) is 6.42 Å². The first kappa shape index (κ1) is 17.7. The average Bonchev–Trinajstić information content (AvgIpc) is 2.81. The molecular weight excluding hydrogens is 318 g/mol. The summed E-state index contributed by atoms with van der Waals surface area (Å²) in [5.41, 5.74) is 2.51. The summed E-state index contributed by atoms with van der Waals surface area (Å²) in [6.07, 6.45) is 7.46. The second-order valence-electron chi connectivity index (χ2n) is 7.07. The standard InChI is InChI=1S/C19H27N3O3/c23-12-14-6-2-1-3-7-15(14)20-18(24)8-4-5-13-9-10-16-17(11-13)22-19(25)21-16/h9-11,14-15,23H,1-8,12H2,(H,20,24)(H2,21,22,25). The molecule has 1 fully saturated rings. The molecule has 1 aliphatic carbocycles. The molecule has 0 spiro atoms. The maximum absolute atomic E-state index is 12.2. The number of fused-ring (bicyclic) bond motifs is 1. The fourth-order valence-electron chi connectivity index (χ4n) is 3.76. The van der Waals surface area contributed by atoms with Crippen LogP contribution in [0.5, 0.6) is 0 Å². The Morgan fingerprint density at radius 3 is 2.80 bits per heavy atom. The highest BCUT2D eigenvalue weighted by Crippen LogP contribution is 2.23. The van der Waals surface area contributed by atoms with Gasteiger partial charge in [0.15, 0.2) is 0 Å². The lowest BCUT2D eigenvalue weighted by atomic mass is 9.95. The Labute approximate surface area is 147 Å². The smallest absolute Gasteiger partial charge is 0.323 e. The lowest BCUT2D eigenvalue weighted by Gasteiger charge is -2.24. The third-order valence-electron chi connectivity index (χ3n) is 5.19. The summed E-state index contributed by atoms with van der Waals surface area (Å²) in [6.45, 7) is 0.153. The number of aromatic amines is 2. The summed E-state index contributed by atoms with van der Waals surface area (Å²) < 4.78 is 0. The molecule has 1 amide bonds. The number of aryl methyl sites for hydroxylation is 1. The Bertz CT molecular complexity index is 765. The fourth-order valence-corrected chi connectivity index (χ4v) is 3.76. The van der Waals surface area contributed by atoms with Crippen LogP contribution in [0.15, 0.2) is 23.0 Å². The van der Waals surface area contributed by atoms with Crippen LogP contribution in [-0.4, -0.2) is 33.6 Å². The van der Waals surface area contributed by atoms with Gasteiger partial charge in [0.1, 0.15) is 0 Å². The van der Waals surface area contributed by atoms with Gasteiger partial charge in [0, 0.05) is 25.0 Å². The fraction of sp³-hybridized carbons (Fsp3) is 0.579. The molecule has 0 aliphatic heterocycles. The topological polar surface area (TPSA) is 98.0 Å². The van der Waals surface area contributed by atoms with Crippen molar-refractivity contribution in [3.63, 3.8) is 0 Å². The molecule has 136 valence electrons. The van der Waals surface area contributed by atoms with Crippen LogP contribution in [0, 0.1) is 5.92 Å². The number of nitrogens with one attached hydrogen (secondary N) is 3. The molecule has 1 aliphatic rings. The van der Waals surface area contributed by atoms with Crippen molar-refractivity contribution in [3.8, 4) is 0 Å². The number of aromatic nitrogens is 2. The number of carbonyl (C=O) groups excluding carboxylic acids is 1. The number of carbonyl (C=O) groups is 1. The van der Waals surface area contributed by atoms with Crippen molar-refractivity contribution >= 4 is 16.9 Å². The number of hydrogen-bond donors (Lipinski definition) is 4. The van der Waals surface area contributed by atoms with E-state index in [1.54, 1.807) is 0 Å². The molecular formula is C19H27N3O3. The first-order valence-corrected chi connectivity index (χ1v) is 9.27. The third kappa shape index (κ3) is 4.72. The minimum absolute atomic E-state index is 0.0708. The van der Waals surface area contributed by atoms with Gasteiger partial charge in [-0.25, -0.2) is 4.79 Å². The number of aliphatic hydroxyl groups excluding tert-OH is 1. The van der Waals surface area contributed by atoms with Crippen LogP contribution in [0.3, 0.4) is 0 Å². The van der Waals surface area contributed by atoms with E-state index >= 15 is 0 Å². The van der Waals surface area contributed by atoms with Crippen LogP contribution in [0.2, 0.25) is 0 Å². The highest BCUT2D eigenvalue weighted by molar-refractivity contribution is 5.76. The molecule has 0 bridgehead atoms. The lowest BCUT2D eigenvalue weighted by Crippen LogP contribution is -2.41. The van der Waals surface area contributed by atoms with E-state index in [2.05, 4.69) is 15.3 Å². The monoisotopic (exact) mass is 345 g/mol. The third-order valence-corrected chi connectivity index (χ3v) is 5.19. The molecule has 1 saturated carbocycles. The van der Waals surface area contributed by atoms with E-state index < -0.39 is 0 Å². The van der Waals surface area contributed by atoms with Crippen molar-refractivity contribution in [3.05, 3.63) is 34.2 Å². The highest BCUT2D eigenvalue weighted by Gasteiger charge is 2.24. The maximum atomic E-state index is 12.2. The maximum Gasteiger partial charge on any atom is 0.323 e. The van der Waals surface area contributed by atoms with Crippen molar-refractivity contribution in [1.82, 2.24) is 15.3 Å². The van der Waals surface area contributed by atoms with E-state index in [0.29, 0.717) is 6.42 Å². The van der Waals surface area contributed by atoms with Gasteiger partial charge in [-0.1, -0.05) is 25.3 Å². The van der Waals surface area contributed by atoms with Crippen molar-refractivity contribution in [2.24, 2.45) is 5.92 Å². The normalized spacial score (nSPS) is 21.2. The van der Waals surface area contributed by atoms with Crippen molar-refractivity contribution < 1.29 is 9.90 Å². The van der Waals surface area contributed by atoms with Gasteiger partial charge in [-0.15, -0.1) is 0 Å². The second kappa shape index (κ2) is 8.34. The average molecular weight is 345 g/mol. The number of aliphatic hydroxyl groups is 1. The van der Waals surface area contributed by atoms with Crippen LogP contribution in [0.4, 0.5) is 0 Å². The van der Waals surface area contributed by atoms with Gasteiger partial charge < -0.3 is 20.4 Å². The Hall–Kier alpha value is -2.08. The van der Waals surface area contributed by atoms with Crippen LogP contribution in [0.25, 0.3) is 11.0 Å². The Kier molecular flexibility index (Phi) is 5.91. The lowest BCUT2D eigenvalue weighted by molar-refractivity contribution is -0.122. The molecule has 3 rings (SSSR count). The quantitative estimate of drug-likeness (QED) is 0.604. The zero-order valence-corrected chi connectivity index (χ0v) is 14.5. The second-order valence-corrected chi connectivity index (χ2v) is 7.07. The molecule has 0 radical (unpaired) electrons. The van der Waals surface area contributed by atoms with E-state index in [-0.39, 0.29) is 30.2 Å². The number of imidazole rings is 1. The summed E-state index contributed by atoms with van der Waals surface area (Å²) in [5, 5.41) is 12.7. The van der Waals surface area contributed by atoms with Gasteiger partial charge in [0.05, 0.1) is 11.0 Å². The number of rotatable bonds is 6. The predicted octanol–water partition coefficient (Wildman–Crippen LogP) is 2.24. The molecule has 2 aromatic rings. The summed E-state index contributed by atoms with van der Waals surface area (Å²) in [6, 6.07) is 5.94. The number of H-pyrrole nitrogens is 2. The van der Waals surface area contributed by atoms with Gasteiger partial charge in [-0.05, 0) is 43.4 Å². The minimum Gasteiger partial charge on any atom is -0.396 e. The molecule has 6 heteroatoms. The van der Waals surface area contributed by atoms with Gasteiger partial charge in [-0.3, -0.25) is 4.79 Å². The molecule has 6 nitrogen and oxygen atoms in total. The summed E-state index contributed by atoms with van der Waals surface area (Å²) in [5.74, 6) is 0.265. The number of benzene rings is 1. The zero-order chi connectivity index (χ0) is 17.6. The largest absolute Gasteiger partial charge is 0.396 e. The van der Waals surface area contributed by atoms with Gasteiger partial charge in [0.25, 0.3) is 0 Å². The molecule has 1 aromatic heterocycles. The molecule has 25 heavy (non-hydrogen) atoms. The van der Waals surface area contributed by atoms with Crippen molar-refractivity contribution in [2.75, 3.05) is 6.61 Å². The Morgan fingerprint density at radius 1 is 1.16 bits per heavy atom. The molecule has 4 N–H and O–H groups in total. The van der Waals surface area contributed by atoms with E-state index in [0.717, 1.165) is 55.1 Å².